The zero-order valence-electron chi connectivity index (χ0n) is 20.6. The van der Waals surface area contributed by atoms with E-state index in [2.05, 4.69) is 43.0 Å². The van der Waals surface area contributed by atoms with Crippen LogP contribution in [0, 0.1) is 21.6 Å². The average Bonchev–Trinajstić information content (AvgIpc) is 3.41. The Hall–Kier alpha value is -4.40. The van der Waals surface area contributed by atoms with E-state index in [1.54, 1.807) is 6.07 Å². The molecule has 1 aromatic heterocycles. The molecule has 12 nitrogen and oxygen atoms in total. The number of benzene rings is 2. The van der Waals surface area contributed by atoms with Crippen LogP contribution >= 0.6 is 0 Å². The molecule has 0 bridgehead atoms. The summed E-state index contributed by atoms with van der Waals surface area (Å²) in [5, 5.41) is 33.3. The Morgan fingerprint density at radius 3 is 2.84 bits per heavy atom. The number of nitrogens with zero attached hydrogens (tertiary/aromatic N) is 6. The number of guanidine groups is 1. The highest BCUT2D eigenvalue weighted by atomic mass is 16.6. The van der Waals surface area contributed by atoms with Gasteiger partial charge in [0.15, 0.2) is 6.19 Å². The van der Waals surface area contributed by atoms with Gasteiger partial charge in [-0.1, -0.05) is 6.07 Å². The highest BCUT2D eigenvalue weighted by Gasteiger charge is 2.19. The van der Waals surface area contributed by atoms with Crippen molar-refractivity contribution >= 4 is 28.4 Å². The summed E-state index contributed by atoms with van der Waals surface area (Å²) in [5.74, 6) is 1.25. The van der Waals surface area contributed by atoms with Crippen LogP contribution in [0.3, 0.4) is 0 Å². The Kier molecular flexibility index (Phi) is 9.07. The number of non-ortho nitro benzene ring substituents is 1. The molecule has 0 unspecified atom stereocenters. The summed E-state index contributed by atoms with van der Waals surface area (Å²) in [6.45, 7) is 3.74. The number of aryl methyl sites for hydroxylation is 1. The molecule has 1 aliphatic rings. The molecule has 12 heteroatoms. The van der Waals surface area contributed by atoms with Gasteiger partial charge < -0.3 is 15.0 Å². The summed E-state index contributed by atoms with van der Waals surface area (Å²) in [6.07, 6.45) is 7.64. The van der Waals surface area contributed by atoms with Crippen LogP contribution in [0.25, 0.3) is 11.0 Å². The Morgan fingerprint density at radius 1 is 1.19 bits per heavy atom. The van der Waals surface area contributed by atoms with Crippen LogP contribution in [-0.2, 0) is 6.42 Å². The van der Waals surface area contributed by atoms with Crippen LogP contribution < -0.4 is 20.3 Å². The van der Waals surface area contributed by atoms with Crippen LogP contribution in [0.1, 0.15) is 37.7 Å². The molecule has 1 aliphatic heterocycles. The number of nitro benzene ring substituents is 1. The van der Waals surface area contributed by atoms with Crippen molar-refractivity contribution in [3.8, 4) is 11.9 Å². The molecule has 194 valence electrons. The number of hydrogen-bond donors (Lipinski definition) is 2. The smallest absolute Gasteiger partial charge is 0.300 e. The van der Waals surface area contributed by atoms with Gasteiger partial charge in [-0.15, -0.1) is 0 Å². The Labute approximate surface area is 214 Å². The van der Waals surface area contributed by atoms with Gasteiger partial charge in [0, 0.05) is 50.4 Å². The highest BCUT2D eigenvalue weighted by Crippen LogP contribution is 2.26. The van der Waals surface area contributed by atoms with Crippen LogP contribution in [0.15, 0.2) is 46.0 Å². The summed E-state index contributed by atoms with van der Waals surface area (Å²) < 4.78 is 10.6. The SMILES string of the molecule is N#CNC(=NCCCOc1cccc(N2CCCCC2)c1)NCCCc1ccc([N+](=O)[O-])c2nonc12. The maximum absolute atomic E-state index is 11.1. The van der Waals surface area contributed by atoms with E-state index < -0.39 is 4.92 Å². The molecule has 1 fully saturated rings. The number of piperidine rings is 1. The second-order valence-corrected chi connectivity index (χ2v) is 8.71. The minimum Gasteiger partial charge on any atom is -0.493 e. The molecule has 1 saturated heterocycles. The summed E-state index contributed by atoms with van der Waals surface area (Å²) in [6, 6.07) is 11.3. The molecule has 0 atom stereocenters. The van der Waals surface area contributed by atoms with Crippen molar-refractivity contribution in [3.05, 3.63) is 52.1 Å². The standard InChI is InChI=1S/C25H30N8O4/c26-18-29-25(27-12-5-7-19-10-11-22(33(34)35)24-23(19)30-37-31-24)28-13-6-16-36-21-9-4-8-20(17-21)32-14-2-1-3-15-32/h4,8-11,17H,1-3,5-7,12-16H2,(H2,27,28,29). The molecule has 2 heterocycles. The first kappa shape index (κ1) is 25.7. The minimum atomic E-state index is -0.508. The molecule has 3 aromatic rings. The zero-order chi connectivity index (χ0) is 25.9. The third-order valence-corrected chi connectivity index (χ3v) is 6.14. The third-order valence-electron chi connectivity index (χ3n) is 6.14. The number of anilines is 1. The quantitative estimate of drug-likeness (QED) is 0.0750. The van der Waals surface area contributed by atoms with Crippen molar-refractivity contribution < 1.29 is 14.3 Å². The number of ether oxygens (including phenoxy) is 1. The Balaban J connectivity index is 1.20. The van der Waals surface area contributed by atoms with E-state index in [1.807, 2.05) is 18.3 Å². The molecule has 2 aromatic carbocycles. The number of nitriles is 1. The zero-order valence-corrected chi connectivity index (χ0v) is 20.6. The highest BCUT2D eigenvalue weighted by molar-refractivity contribution is 5.86. The van der Waals surface area contributed by atoms with E-state index in [1.165, 1.54) is 31.0 Å². The predicted octanol–water partition coefficient (Wildman–Crippen LogP) is 3.54. The molecule has 4 rings (SSSR count). The Morgan fingerprint density at radius 2 is 2.03 bits per heavy atom. The third kappa shape index (κ3) is 7.07. The van der Waals surface area contributed by atoms with E-state index in [9.17, 15) is 10.1 Å². The van der Waals surface area contributed by atoms with Gasteiger partial charge in [0.1, 0.15) is 11.3 Å². The monoisotopic (exact) mass is 506 g/mol. The fraction of sp³-hybridized carbons (Fsp3) is 0.440. The first-order valence-corrected chi connectivity index (χ1v) is 12.5. The lowest BCUT2D eigenvalue weighted by molar-refractivity contribution is -0.383. The summed E-state index contributed by atoms with van der Waals surface area (Å²) >= 11 is 0. The summed E-state index contributed by atoms with van der Waals surface area (Å²) in [7, 11) is 0. The minimum absolute atomic E-state index is 0.135. The number of hydrogen-bond acceptors (Lipinski definition) is 9. The van der Waals surface area contributed by atoms with Gasteiger partial charge in [0.25, 0.3) is 0 Å². The van der Waals surface area contributed by atoms with Crippen LogP contribution in [-0.4, -0.2) is 54.0 Å². The topological polar surface area (TPSA) is 155 Å². The van der Waals surface area contributed by atoms with Crippen molar-refractivity contribution in [2.45, 2.75) is 38.5 Å². The first-order valence-electron chi connectivity index (χ1n) is 12.5. The number of aromatic nitrogens is 2. The average molecular weight is 507 g/mol. The lowest BCUT2D eigenvalue weighted by Gasteiger charge is -2.29. The molecule has 37 heavy (non-hydrogen) atoms. The molecular formula is C25H30N8O4. The lowest BCUT2D eigenvalue weighted by Crippen LogP contribution is -2.35. The summed E-state index contributed by atoms with van der Waals surface area (Å²) in [5.41, 5.74) is 2.40. The molecule has 0 amide bonds. The van der Waals surface area contributed by atoms with Crippen LogP contribution in [0.4, 0.5) is 11.4 Å². The van der Waals surface area contributed by atoms with E-state index in [4.69, 9.17) is 14.6 Å². The molecular weight excluding hydrogens is 476 g/mol. The number of rotatable bonds is 11. The van der Waals surface area contributed by atoms with Gasteiger partial charge in [-0.25, -0.2) is 4.63 Å². The second-order valence-electron chi connectivity index (χ2n) is 8.71. The lowest BCUT2D eigenvalue weighted by atomic mass is 10.1. The van der Waals surface area contributed by atoms with Crippen molar-refractivity contribution in [1.29, 1.82) is 5.26 Å². The first-order chi connectivity index (χ1) is 18.2. The fourth-order valence-electron chi connectivity index (χ4n) is 4.30. The molecule has 2 N–H and O–H groups in total. The summed E-state index contributed by atoms with van der Waals surface area (Å²) in [4.78, 5) is 17.4. The van der Waals surface area contributed by atoms with Gasteiger partial charge in [-0.05, 0) is 66.2 Å². The van der Waals surface area contributed by atoms with E-state index in [-0.39, 0.29) is 11.2 Å². The second kappa shape index (κ2) is 13.1. The number of nitrogens with one attached hydrogen (secondary N) is 2. The van der Waals surface area contributed by atoms with Crippen LogP contribution in [0.2, 0.25) is 0 Å². The Bertz CT molecular complexity index is 1260. The van der Waals surface area contributed by atoms with E-state index >= 15 is 0 Å². The van der Waals surface area contributed by atoms with Crippen LogP contribution in [0.5, 0.6) is 5.75 Å². The van der Waals surface area contributed by atoms with E-state index in [0.717, 1.165) is 24.4 Å². The normalized spacial score (nSPS) is 13.8. The van der Waals surface area contributed by atoms with Crippen molar-refractivity contribution in [2.75, 3.05) is 37.7 Å². The fourth-order valence-corrected chi connectivity index (χ4v) is 4.30. The van der Waals surface area contributed by atoms with Gasteiger partial charge >= 0.3 is 5.69 Å². The largest absolute Gasteiger partial charge is 0.493 e. The maximum atomic E-state index is 11.1. The maximum Gasteiger partial charge on any atom is 0.300 e. The number of fused-ring (bicyclic) bond motifs is 1. The van der Waals surface area contributed by atoms with Crippen molar-refractivity contribution in [2.24, 2.45) is 4.99 Å². The molecule has 0 radical (unpaired) electrons. The number of nitro groups is 1. The van der Waals surface area contributed by atoms with Gasteiger partial charge in [0.05, 0.1) is 11.5 Å². The number of aliphatic imine (C=N–C) groups is 1. The van der Waals surface area contributed by atoms with Gasteiger partial charge in [-0.3, -0.25) is 20.4 Å². The van der Waals surface area contributed by atoms with Gasteiger partial charge in [-0.2, -0.15) is 5.26 Å². The molecule has 0 spiro atoms. The van der Waals surface area contributed by atoms with E-state index in [0.29, 0.717) is 50.4 Å². The van der Waals surface area contributed by atoms with Crippen molar-refractivity contribution in [1.82, 2.24) is 20.9 Å². The van der Waals surface area contributed by atoms with Crippen molar-refractivity contribution in [3.63, 3.8) is 0 Å². The predicted molar refractivity (Wildman–Crippen MR) is 138 cm³/mol. The van der Waals surface area contributed by atoms with Gasteiger partial charge in [0.2, 0.25) is 11.5 Å². The molecule has 0 saturated carbocycles. The molecule has 0 aliphatic carbocycles.